The van der Waals surface area contributed by atoms with Gasteiger partial charge < -0.3 is 13.9 Å². The van der Waals surface area contributed by atoms with Gasteiger partial charge in [-0.05, 0) is 61.4 Å². The zero-order chi connectivity index (χ0) is 18.1. The van der Waals surface area contributed by atoms with Gasteiger partial charge in [0.1, 0.15) is 6.61 Å². The molecule has 0 atom stereocenters. The Balaban J connectivity index is 1.83. The quantitative estimate of drug-likeness (QED) is 0.647. The van der Waals surface area contributed by atoms with E-state index in [0.29, 0.717) is 23.7 Å². The third-order valence-corrected chi connectivity index (χ3v) is 5.16. The second-order valence-corrected chi connectivity index (χ2v) is 6.74. The van der Waals surface area contributed by atoms with Gasteiger partial charge in [0.05, 0.1) is 7.11 Å². The molecule has 4 rings (SSSR count). The van der Waals surface area contributed by atoms with Crippen LogP contribution < -0.4 is 15.1 Å². The standard InChI is InChI=1S/C22H22O4/c1-14-7-3-4-8-15(14)13-25-21-19(24-2)12-11-17-16-9-5-6-10-18(16)22(23)26-20(17)21/h3-4,7-8,11-12H,5-6,9-10,13H2,1-2H3. The highest BCUT2D eigenvalue weighted by Gasteiger charge is 2.22. The molecule has 4 nitrogen and oxygen atoms in total. The lowest BCUT2D eigenvalue weighted by Crippen LogP contribution is -2.16. The fraction of sp³-hybridized carbons (Fsp3) is 0.318. The highest BCUT2D eigenvalue weighted by molar-refractivity contribution is 5.89. The molecule has 0 unspecified atom stereocenters. The third kappa shape index (κ3) is 2.85. The van der Waals surface area contributed by atoms with E-state index in [4.69, 9.17) is 13.9 Å². The van der Waals surface area contributed by atoms with E-state index in [1.807, 2.05) is 30.3 Å². The summed E-state index contributed by atoms with van der Waals surface area (Å²) >= 11 is 0. The van der Waals surface area contributed by atoms with Crippen LogP contribution in [0, 0.1) is 6.92 Å². The molecule has 0 N–H and O–H groups in total. The van der Waals surface area contributed by atoms with Crippen LogP contribution in [0.2, 0.25) is 0 Å². The van der Waals surface area contributed by atoms with E-state index in [-0.39, 0.29) is 5.63 Å². The van der Waals surface area contributed by atoms with Crippen molar-refractivity contribution in [1.82, 2.24) is 0 Å². The minimum atomic E-state index is -0.249. The molecule has 134 valence electrons. The number of hydrogen-bond acceptors (Lipinski definition) is 4. The first-order valence-corrected chi connectivity index (χ1v) is 9.02. The van der Waals surface area contributed by atoms with Gasteiger partial charge in [0.15, 0.2) is 11.3 Å². The molecule has 0 radical (unpaired) electrons. The topological polar surface area (TPSA) is 48.7 Å². The van der Waals surface area contributed by atoms with Gasteiger partial charge in [0.25, 0.3) is 0 Å². The van der Waals surface area contributed by atoms with Crippen LogP contribution in [0.3, 0.4) is 0 Å². The molecule has 0 aliphatic heterocycles. The number of benzene rings is 2. The minimum absolute atomic E-state index is 0.249. The fourth-order valence-electron chi connectivity index (χ4n) is 3.69. The summed E-state index contributed by atoms with van der Waals surface area (Å²) in [6.45, 7) is 2.44. The molecule has 1 heterocycles. The summed E-state index contributed by atoms with van der Waals surface area (Å²) in [5.41, 5.74) is 4.41. The van der Waals surface area contributed by atoms with Crippen molar-refractivity contribution in [2.24, 2.45) is 0 Å². The zero-order valence-corrected chi connectivity index (χ0v) is 15.1. The smallest absolute Gasteiger partial charge is 0.339 e. The molecule has 0 amide bonds. The largest absolute Gasteiger partial charge is 0.493 e. The first-order chi connectivity index (χ1) is 12.7. The van der Waals surface area contributed by atoms with E-state index in [9.17, 15) is 4.79 Å². The average molecular weight is 350 g/mol. The van der Waals surface area contributed by atoms with Gasteiger partial charge >= 0.3 is 5.63 Å². The van der Waals surface area contributed by atoms with E-state index in [1.165, 1.54) is 0 Å². The van der Waals surface area contributed by atoms with Crippen molar-refractivity contribution in [3.63, 3.8) is 0 Å². The van der Waals surface area contributed by atoms with Crippen LogP contribution in [0.25, 0.3) is 11.0 Å². The predicted octanol–water partition coefficient (Wildman–Crippen LogP) is 4.57. The Morgan fingerprint density at radius 1 is 1.04 bits per heavy atom. The summed E-state index contributed by atoms with van der Waals surface area (Å²) in [4.78, 5) is 12.5. The Labute approximate surface area is 152 Å². The maximum absolute atomic E-state index is 12.5. The highest BCUT2D eigenvalue weighted by Crippen LogP contribution is 2.38. The van der Waals surface area contributed by atoms with Gasteiger partial charge in [0.2, 0.25) is 5.75 Å². The van der Waals surface area contributed by atoms with E-state index < -0.39 is 0 Å². The third-order valence-electron chi connectivity index (χ3n) is 5.16. The van der Waals surface area contributed by atoms with Crippen LogP contribution in [0.4, 0.5) is 0 Å². The van der Waals surface area contributed by atoms with E-state index in [2.05, 4.69) is 13.0 Å². The van der Waals surface area contributed by atoms with Crippen molar-refractivity contribution in [2.45, 2.75) is 39.2 Å². The van der Waals surface area contributed by atoms with E-state index >= 15 is 0 Å². The molecule has 2 aromatic carbocycles. The summed E-state index contributed by atoms with van der Waals surface area (Å²) in [5.74, 6) is 1.07. The van der Waals surface area contributed by atoms with Gasteiger partial charge in [0, 0.05) is 10.9 Å². The van der Waals surface area contributed by atoms with E-state index in [1.54, 1.807) is 7.11 Å². The van der Waals surface area contributed by atoms with Crippen molar-refractivity contribution in [2.75, 3.05) is 7.11 Å². The molecule has 4 heteroatoms. The van der Waals surface area contributed by atoms with Crippen molar-refractivity contribution in [3.8, 4) is 11.5 Å². The Bertz CT molecular complexity index is 1020. The molecule has 1 aliphatic rings. The Morgan fingerprint density at radius 2 is 1.81 bits per heavy atom. The number of rotatable bonds is 4. The molecule has 3 aromatic rings. The Kier molecular flexibility index (Phi) is 4.41. The minimum Gasteiger partial charge on any atom is -0.493 e. The van der Waals surface area contributed by atoms with E-state index in [0.717, 1.165) is 53.3 Å². The Hall–Kier alpha value is -2.75. The normalized spacial score (nSPS) is 13.5. The second-order valence-electron chi connectivity index (χ2n) is 6.74. The van der Waals surface area contributed by atoms with Crippen LogP contribution in [-0.2, 0) is 19.4 Å². The number of methoxy groups -OCH3 is 1. The van der Waals surface area contributed by atoms with Gasteiger partial charge in [-0.3, -0.25) is 0 Å². The molecule has 0 bridgehead atoms. The van der Waals surface area contributed by atoms with Gasteiger partial charge in [-0.25, -0.2) is 4.79 Å². The molecule has 0 fully saturated rings. The molecular formula is C22H22O4. The molecule has 0 spiro atoms. The second kappa shape index (κ2) is 6.87. The molecule has 1 aliphatic carbocycles. The van der Waals surface area contributed by atoms with Crippen LogP contribution in [0.15, 0.2) is 45.6 Å². The number of aryl methyl sites for hydroxylation is 2. The molecular weight excluding hydrogens is 328 g/mol. The lowest BCUT2D eigenvalue weighted by Gasteiger charge is -2.19. The van der Waals surface area contributed by atoms with Crippen LogP contribution in [-0.4, -0.2) is 7.11 Å². The summed E-state index contributed by atoms with van der Waals surface area (Å²) < 4.78 is 17.3. The first-order valence-electron chi connectivity index (χ1n) is 9.02. The van der Waals surface area contributed by atoms with Crippen molar-refractivity contribution < 1.29 is 13.9 Å². The Morgan fingerprint density at radius 3 is 2.58 bits per heavy atom. The predicted molar refractivity (Wildman–Crippen MR) is 101 cm³/mol. The molecule has 1 aromatic heterocycles. The molecule has 0 saturated heterocycles. The zero-order valence-electron chi connectivity index (χ0n) is 15.1. The van der Waals surface area contributed by atoms with Crippen molar-refractivity contribution in [1.29, 1.82) is 0 Å². The van der Waals surface area contributed by atoms with Gasteiger partial charge in [-0.15, -0.1) is 0 Å². The molecule has 0 saturated carbocycles. The summed E-state index contributed by atoms with van der Waals surface area (Å²) in [6.07, 6.45) is 3.83. The van der Waals surface area contributed by atoms with Gasteiger partial charge in [-0.1, -0.05) is 24.3 Å². The monoisotopic (exact) mass is 350 g/mol. The number of hydrogen-bond donors (Lipinski definition) is 0. The van der Waals surface area contributed by atoms with Crippen LogP contribution in [0.1, 0.15) is 35.1 Å². The summed E-state index contributed by atoms with van der Waals surface area (Å²) in [6, 6.07) is 11.9. The summed E-state index contributed by atoms with van der Waals surface area (Å²) in [7, 11) is 1.60. The van der Waals surface area contributed by atoms with Crippen LogP contribution in [0.5, 0.6) is 11.5 Å². The maximum Gasteiger partial charge on any atom is 0.339 e. The lowest BCUT2D eigenvalue weighted by atomic mass is 9.90. The first kappa shape index (κ1) is 16.7. The number of fused-ring (bicyclic) bond motifs is 3. The highest BCUT2D eigenvalue weighted by atomic mass is 16.5. The average Bonchev–Trinajstić information content (AvgIpc) is 2.67. The number of ether oxygens (including phenoxy) is 2. The van der Waals surface area contributed by atoms with Gasteiger partial charge in [-0.2, -0.15) is 0 Å². The fourth-order valence-corrected chi connectivity index (χ4v) is 3.69. The molecule has 26 heavy (non-hydrogen) atoms. The van der Waals surface area contributed by atoms with Crippen molar-refractivity contribution in [3.05, 3.63) is 69.1 Å². The SMILES string of the molecule is COc1ccc2c3c(c(=O)oc2c1OCc1ccccc1C)CCCC3. The van der Waals surface area contributed by atoms with Crippen LogP contribution >= 0.6 is 0 Å². The summed E-state index contributed by atoms with van der Waals surface area (Å²) in [5, 5.41) is 0.958. The maximum atomic E-state index is 12.5. The lowest BCUT2D eigenvalue weighted by molar-refractivity contribution is 0.282. The van der Waals surface area contributed by atoms with Crippen molar-refractivity contribution >= 4 is 11.0 Å².